The molecule has 1 aliphatic heterocycles. The number of rotatable bonds is 1. The zero-order valence-electron chi connectivity index (χ0n) is 4.94. The normalized spacial score (nSPS) is 36.7. The molecule has 0 aromatic rings. The number of hydrogen-bond donors (Lipinski definition) is 1. The first kappa shape index (κ1) is 6.91. The fourth-order valence-corrected chi connectivity index (χ4v) is 0.433. The fourth-order valence-electron chi connectivity index (χ4n) is 0.433. The average molecular weight is 136 g/mol. The molecule has 0 aromatic carbocycles. The van der Waals surface area contributed by atoms with Crippen molar-refractivity contribution in [3.8, 4) is 0 Å². The van der Waals surface area contributed by atoms with Crippen LogP contribution >= 0.6 is 0 Å². The summed E-state index contributed by atoms with van der Waals surface area (Å²) in [7, 11) is 1.41. The molecule has 0 amide bonds. The molecule has 1 rings (SSSR count). The molecule has 0 bridgehead atoms. The van der Waals surface area contributed by atoms with Crippen molar-refractivity contribution in [1.82, 2.24) is 0 Å². The van der Waals surface area contributed by atoms with E-state index in [-0.39, 0.29) is 6.61 Å². The molecule has 0 unspecified atom stereocenters. The van der Waals surface area contributed by atoms with Crippen LogP contribution in [0.2, 0.25) is 0 Å². The topological polar surface area (TPSA) is 57.2 Å². The van der Waals surface area contributed by atoms with Crippen LogP contribution in [0.15, 0.2) is 0 Å². The lowest BCUT2D eigenvalue weighted by atomic mass is 10.7. The van der Waals surface area contributed by atoms with Crippen LogP contribution in [0.4, 0.5) is 0 Å². The Kier molecular flexibility index (Phi) is 2.38. The first-order valence-electron chi connectivity index (χ1n) is 2.47. The highest BCUT2D eigenvalue weighted by atomic mass is 17.3. The van der Waals surface area contributed by atoms with E-state index in [1.165, 1.54) is 7.11 Å². The van der Waals surface area contributed by atoms with Gasteiger partial charge in [0.25, 0.3) is 0 Å². The summed E-state index contributed by atoms with van der Waals surface area (Å²) in [6, 6.07) is 0. The van der Waals surface area contributed by atoms with E-state index in [2.05, 4.69) is 14.5 Å². The SMILES string of the molecule is CO[C@H]1OC[C@@H](O)OO1. The molecular formula is C4H8O5. The molecule has 1 N–H and O–H groups in total. The molecule has 0 spiro atoms. The molecule has 5 heteroatoms. The van der Waals surface area contributed by atoms with Crippen LogP contribution in [0.5, 0.6) is 0 Å². The van der Waals surface area contributed by atoms with Gasteiger partial charge in [0, 0.05) is 7.11 Å². The van der Waals surface area contributed by atoms with Crippen molar-refractivity contribution >= 4 is 0 Å². The summed E-state index contributed by atoms with van der Waals surface area (Å²) >= 11 is 0. The minimum Gasteiger partial charge on any atom is -0.364 e. The van der Waals surface area contributed by atoms with E-state index in [4.69, 9.17) is 9.84 Å². The molecule has 0 saturated carbocycles. The van der Waals surface area contributed by atoms with Crippen molar-refractivity contribution in [2.45, 2.75) is 12.8 Å². The molecule has 9 heavy (non-hydrogen) atoms. The van der Waals surface area contributed by atoms with Crippen LogP contribution in [-0.4, -0.2) is 31.6 Å². The summed E-state index contributed by atoms with van der Waals surface area (Å²) in [5, 5.41) is 8.59. The number of methoxy groups -OCH3 is 1. The molecule has 0 aliphatic carbocycles. The minimum absolute atomic E-state index is 0.0680. The molecule has 2 atom stereocenters. The van der Waals surface area contributed by atoms with Gasteiger partial charge in [-0.2, -0.15) is 9.78 Å². The molecule has 0 aromatic heterocycles. The Morgan fingerprint density at radius 1 is 1.56 bits per heavy atom. The smallest absolute Gasteiger partial charge is 0.301 e. The van der Waals surface area contributed by atoms with E-state index in [1.54, 1.807) is 0 Å². The number of hydrogen-bond acceptors (Lipinski definition) is 5. The Morgan fingerprint density at radius 3 is 2.78 bits per heavy atom. The van der Waals surface area contributed by atoms with Gasteiger partial charge in [0.15, 0.2) is 0 Å². The Morgan fingerprint density at radius 2 is 2.33 bits per heavy atom. The van der Waals surface area contributed by atoms with Crippen molar-refractivity contribution in [3.05, 3.63) is 0 Å². The Balaban J connectivity index is 2.18. The molecule has 54 valence electrons. The van der Waals surface area contributed by atoms with Gasteiger partial charge in [-0.25, -0.2) is 0 Å². The monoisotopic (exact) mass is 136 g/mol. The van der Waals surface area contributed by atoms with Gasteiger partial charge in [-0.1, -0.05) is 0 Å². The van der Waals surface area contributed by atoms with Crippen molar-refractivity contribution in [2.75, 3.05) is 13.7 Å². The fraction of sp³-hybridized carbons (Fsp3) is 1.00. The third-order valence-corrected chi connectivity index (χ3v) is 0.813. The largest absolute Gasteiger partial charge is 0.364 e. The zero-order chi connectivity index (χ0) is 6.69. The summed E-state index contributed by atoms with van der Waals surface area (Å²) in [6.45, 7) is -0.744. The second-order valence-electron chi connectivity index (χ2n) is 1.50. The van der Waals surface area contributed by atoms with E-state index in [9.17, 15) is 0 Å². The van der Waals surface area contributed by atoms with Gasteiger partial charge in [0.1, 0.15) is 6.61 Å². The van der Waals surface area contributed by atoms with Crippen LogP contribution in [0.1, 0.15) is 0 Å². The van der Waals surface area contributed by atoms with E-state index >= 15 is 0 Å². The third-order valence-electron chi connectivity index (χ3n) is 0.813. The van der Waals surface area contributed by atoms with Gasteiger partial charge >= 0.3 is 6.48 Å². The standard InChI is InChI=1S/C4H8O5/c1-6-4-7-2-3(5)8-9-4/h3-5H,2H2,1H3/t3-,4-/m0/s1. The van der Waals surface area contributed by atoms with Crippen molar-refractivity contribution in [1.29, 1.82) is 0 Å². The first-order valence-corrected chi connectivity index (χ1v) is 2.47. The predicted molar refractivity (Wildman–Crippen MR) is 24.9 cm³/mol. The highest BCUT2D eigenvalue weighted by molar-refractivity contribution is 4.35. The molecule has 1 heterocycles. The van der Waals surface area contributed by atoms with Crippen LogP contribution in [0, 0.1) is 0 Å². The van der Waals surface area contributed by atoms with Gasteiger partial charge in [-0.05, 0) is 0 Å². The quantitative estimate of drug-likeness (QED) is 0.479. The minimum atomic E-state index is -1.00. The van der Waals surface area contributed by atoms with Crippen LogP contribution in [0.25, 0.3) is 0 Å². The lowest BCUT2D eigenvalue weighted by molar-refractivity contribution is -0.517. The Bertz CT molecular complexity index is 77.0. The Labute approximate surface area is 52.0 Å². The average Bonchev–Trinajstić information content (AvgIpc) is 1.90. The summed E-state index contributed by atoms with van der Waals surface area (Å²) in [6.07, 6.45) is -1.00. The maximum absolute atomic E-state index is 8.59. The van der Waals surface area contributed by atoms with E-state index in [0.717, 1.165) is 0 Å². The van der Waals surface area contributed by atoms with Crippen LogP contribution in [-0.2, 0) is 19.2 Å². The van der Waals surface area contributed by atoms with Gasteiger partial charge < -0.3 is 14.6 Å². The maximum atomic E-state index is 8.59. The molecule has 1 saturated heterocycles. The number of ether oxygens (including phenoxy) is 2. The second-order valence-corrected chi connectivity index (χ2v) is 1.50. The molecule has 0 radical (unpaired) electrons. The van der Waals surface area contributed by atoms with Gasteiger partial charge in [0.2, 0.25) is 6.29 Å². The van der Waals surface area contributed by atoms with Crippen molar-refractivity contribution in [2.24, 2.45) is 0 Å². The van der Waals surface area contributed by atoms with Crippen LogP contribution in [0.3, 0.4) is 0 Å². The third kappa shape index (κ3) is 1.88. The first-order chi connectivity index (χ1) is 4.33. The van der Waals surface area contributed by atoms with Crippen LogP contribution < -0.4 is 0 Å². The number of aliphatic hydroxyl groups is 1. The molecule has 1 aliphatic rings. The highest BCUT2D eigenvalue weighted by Gasteiger charge is 2.20. The predicted octanol–water partition coefficient (Wildman–Crippen LogP) is -0.787. The summed E-state index contributed by atoms with van der Waals surface area (Å²) in [4.78, 5) is 8.63. The Hall–Kier alpha value is -0.200. The lowest BCUT2D eigenvalue weighted by Gasteiger charge is -2.23. The van der Waals surface area contributed by atoms with Gasteiger partial charge in [0.05, 0.1) is 0 Å². The van der Waals surface area contributed by atoms with E-state index in [1.807, 2.05) is 0 Å². The summed E-state index contributed by atoms with van der Waals surface area (Å²) in [5.41, 5.74) is 0. The maximum Gasteiger partial charge on any atom is 0.301 e. The second kappa shape index (κ2) is 3.09. The summed E-state index contributed by atoms with van der Waals surface area (Å²) in [5.74, 6) is 0. The molecular weight excluding hydrogens is 128 g/mol. The van der Waals surface area contributed by atoms with Gasteiger partial charge in [-0.3, -0.25) is 0 Å². The van der Waals surface area contributed by atoms with Crippen molar-refractivity contribution in [3.63, 3.8) is 0 Å². The van der Waals surface area contributed by atoms with E-state index < -0.39 is 12.8 Å². The summed E-state index contributed by atoms with van der Waals surface area (Å²) < 4.78 is 9.28. The molecule has 1 fully saturated rings. The molecule has 5 nitrogen and oxygen atoms in total. The van der Waals surface area contributed by atoms with Gasteiger partial charge in [-0.15, -0.1) is 0 Å². The highest BCUT2D eigenvalue weighted by Crippen LogP contribution is 2.06. The zero-order valence-corrected chi connectivity index (χ0v) is 4.94. The number of aliphatic hydroxyl groups excluding tert-OH is 1. The van der Waals surface area contributed by atoms with Crippen molar-refractivity contribution < 1.29 is 24.4 Å². The lowest BCUT2D eigenvalue weighted by Crippen LogP contribution is -2.34. The van der Waals surface area contributed by atoms with E-state index in [0.29, 0.717) is 0 Å².